The fourth-order valence-electron chi connectivity index (χ4n) is 4.34. The molecule has 226 valence electrons. The summed E-state index contributed by atoms with van der Waals surface area (Å²) in [6.07, 6.45) is 2.21. The molecule has 4 rings (SSSR count). The van der Waals surface area contributed by atoms with Gasteiger partial charge in [0.2, 0.25) is 5.91 Å². The molecule has 3 amide bonds. The van der Waals surface area contributed by atoms with Crippen LogP contribution in [0.15, 0.2) is 48.5 Å². The number of amides is 3. The maximum absolute atomic E-state index is 13.4. The lowest BCUT2D eigenvalue weighted by atomic mass is 10.1. The highest BCUT2D eigenvalue weighted by Gasteiger charge is 2.25. The molecule has 0 radical (unpaired) electrons. The molecule has 11 nitrogen and oxygen atoms in total. The zero-order valence-electron chi connectivity index (χ0n) is 23.5. The standard InChI is InChI=1S/C30H38N4O7S/c31-10-12-38-13-14-39-15-16-40-17-18-41-22-8-9-24(33-30(37)27-19-21-5-1-2-7-26(21)42-27)23(20-22)28(35)34-25-6-3-4-11-32-29(25)36/h1-2,5,7-9,19-20,25H,3-4,6,10-18,31H2,(H,32,36)(H,33,37)(H,34,35). The number of carbonyl (C=O) groups is 3. The molecular formula is C30H38N4O7S. The van der Waals surface area contributed by atoms with Crippen LogP contribution in [0.25, 0.3) is 10.1 Å². The Bertz CT molecular complexity index is 1300. The van der Waals surface area contributed by atoms with E-state index in [0.717, 1.165) is 22.9 Å². The molecule has 3 aromatic rings. The van der Waals surface area contributed by atoms with Gasteiger partial charge in [0.05, 0.1) is 55.8 Å². The van der Waals surface area contributed by atoms with E-state index in [1.54, 1.807) is 18.2 Å². The number of nitrogens with two attached hydrogens (primary N) is 1. The van der Waals surface area contributed by atoms with Gasteiger partial charge in [-0.05, 0) is 55.0 Å². The molecule has 1 aromatic heterocycles. The lowest BCUT2D eigenvalue weighted by Crippen LogP contribution is -2.45. The highest BCUT2D eigenvalue weighted by atomic mass is 32.1. The maximum atomic E-state index is 13.4. The Balaban J connectivity index is 1.37. The van der Waals surface area contributed by atoms with E-state index < -0.39 is 11.9 Å². The summed E-state index contributed by atoms with van der Waals surface area (Å²) in [6, 6.07) is 13.8. The van der Waals surface area contributed by atoms with Crippen LogP contribution in [0.4, 0.5) is 5.69 Å². The fourth-order valence-corrected chi connectivity index (χ4v) is 5.30. The van der Waals surface area contributed by atoms with Crippen molar-refractivity contribution < 1.29 is 33.3 Å². The number of rotatable bonds is 16. The van der Waals surface area contributed by atoms with Crippen molar-refractivity contribution in [2.75, 3.05) is 64.7 Å². The van der Waals surface area contributed by atoms with Crippen LogP contribution in [0.1, 0.15) is 39.3 Å². The zero-order valence-corrected chi connectivity index (χ0v) is 24.3. The summed E-state index contributed by atoms with van der Waals surface area (Å²) >= 11 is 1.37. The molecule has 1 fully saturated rings. The summed E-state index contributed by atoms with van der Waals surface area (Å²) in [5, 5.41) is 9.50. The second-order valence-electron chi connectivity index (χ2n) is 9.60. The summed E-state index contributed by atoms with van der Waals surface area (Å²) in [7, 11) is 0. The molecule has 42 heavy (non-hydrogen) atoms. The fraction of sp³-hybridized carbons (Fsp3) is 0.433. The SMILES string of the molecule is NCCOCCOCCOCCOc1ccc(NC(=O)c2cc3ccccc3s2)c(C(=O)NC2CCCCNC2=O)c1. The van der Waals surface area contributed by atoms with E-state index in [-0.39, 0.29) is 24.0 Å². The lowest BCUT2D eigenvalue weighted by molar-refractivity contribution is -0.122. The van der Waals surface area contributed by atoms with Crippen molar-refractivity contribution in [2.24, 2.45) is 5.73 Å². The van der Waals surface area contributed by atoms with Crippen LogP contribution >= 0.6 is 11.3 Å². The van der Waals surface area contributed by atoms with Crippen molar-refractivity contribution in [2.45, 2.75) is 25.3 Å². The van der Waals surface area contributed by atoms with Crippen molar-refractivity contribution in [1.29, 1.82) is 0 Å². The first-order chi connectivity index (χ1) is 20.5. The van der Waals surface area contributed by atoms with Crippen LogP contribution in [-0.2, 0) is 19.0 Å². The summed E-state index contributed by atoms with van der Waals surface area (Å²) < 4.78 is 23.0. The number of benzene rings is 2. The monoisotopic (exact) mass is 598 g/mol. The third-order valence-corrected chi connectivity index (χ3v) is 7.59. The molecule has 1 aliphatic rings. The molecule has 5 N–H and O–H groups in total. The van der Waals surface area contributed by atoms with Gasteiger partial charge in [0, 0.05) is 17.8 Å². The summed E-state index contributed by atoms with van der Waals surface area (Å²) in [4.78, 5) is 39.5. The Hall–Kier alpha value is -3.55. The number of carbonyl (C=O) groups excluding carboxylic acids is 3. The number of anilines is 1. The predicted octanol–water partition coefficient (Wildman–Crippen LogP) is 2.94. The first-order valence-electron chi connectivity index (χ1n) is 14.1. The second-order valence-corrected chi connectivity index (χ2v) is 10.7. The van der Waals surface area contributed by atoms with Gasteiger partial charge in [-0.15, -0.1) is 11.3 Å². The first-order valence-corrected chi connectivity index (χ1v) is 15.0. The third kappa shape index (κ3) is 9.50. The highest BCUT2D eigenvalue weighted by Crippen LogP contribution is 2.28. The van der Waals surface area contributed by atoms with Gasteiger partial charge in [-0.2, -0.15) is 0 Å². The number of hydrogen-bond donors (Lipinski definition) is 4. The van der Waals surface area contributed by atoms with Crippen molar-refractivity contribution in [3.05, 3.63) is 59.0 Å². The van der Waals surface area contributed by atoms with Crippen LogP contribution in [0, 0.1) is 0 Å². The predicted molar refractivity (Wildman–Crippen MR) is 161 cm³/mol. The van der Waals surface area contributed by atoms with Gasteiger partial charge in [-0.1, -0.05) is 18.2 Å². The van der Waals surface area contributed by atoms with Crippen molar-refractivity contribution in [3.8, 4) is 5.75 Å². The maximum Gasteiger partial charge on any atom is 0.265 e. The van der Waals surface area contributed by atoms with Gasteiger partial charge in [0.25, 0.3) is 11.8 Å². The quantitative estimate of drug-likeness (QED) is 0.184. The van der Waals surface area contributed by atoms with Crippen LogP contribution in [0.5, 0.6) is 5.75 Å². The topological polar surface area (TPSA) is 150 Å². The van der Waals surface area contributed by atoms with Crippen LogP contribution < -0.4 is 26.4 Å². The van der Waals surface area contributed by atoms with Gasteiger partial charge in [-0.25, -0.2) is 0 Å². The Morgan fingerprint density at radius 2 is 1.64 bits per heavy atom. The molecule has 2 heterocycles. The molecule has 0 saturated carbocycles. The zero-order chi connectivity index (χ0) is 29.6. The number of nitrogens with one attached hydrogen (secondary N) is 3. The van der Waals surface area contributed by atoms with E-state index in [9.17, 15) is 14.4 Å². The Morgan fingerprint density at radius 1 is 0.905 bits per heavy atom. The summed E-state index contributed by atoms with van der Waals surface area (Å²) in [6.45, 7) is 3.94. The summed E-state index contributed by atoms with van der Waals surface area (Å²) in [5.74, 6) is -0.582. The third-order valence-electron chi connectivity index (χ3n) is 6.48. The van der Waals surface area contributed by atoms with Gasteiger partial charge in [0.1, 0.15) is 18.4 Å². The van der Waals surface area contributed by atoms with E-state index in [0.29, 0.717) is 75.5 Å². The minimum absolute atomic E-state index is 0.199. The van der Waals surface area contributed by atoms with Crippen LogP contribution in [0.3, 0.4) is 0 Å². The molecule has 12 heteroatoms. The van der Waals surface area contributed by atoms with Crippen LogP contribution in [0.2, 0.25) is 0 Å². The van der Waals surface area contributed by atoms with E-state index in [1.165, 1.54) is 11.3 Å². The van der Waals surface area contributed by atoms with Gasteiger partial charge >= 0.3 is 0 Å². The minimum atomic E-state index is -0.654. The lowest BCUT2D eigenvalue weighted by Gasteiger charge is -2.18. The average Bonchev–Trinajstić information content (AvgIpc) is 3.34. The molecule has 0 bridgehead atoms. The van der Waals surface area contributed by atoms with Gasteiger partial charge < -0.3 is 40.6 Å². The highest BCUT2D eigenvalue weighted by molar-refractivity contribution is 7.20. The molecule has 0 aliphatic carbocycles. The molecule has 0 spiro atoms. The first kappa shape index (κ1) is 31.4. The molecule has 1 unspecified atom stereocenters. The van der Waals surface area contributed by atoms with Crippen molar-refractivity contribution in [3.63, 3.8) is 0 Å². The van der Waals surface area contributed by atoms with E-state index >= 15 is 0 Å². The average molecular weight is 599 g/mol. The molecule has 1 saturated heterocycles. The van der Waals surface area contributed by atoms with Gasteiger partial charge in [0.15, 0.2) is 0 Å². The smallest absolute Gasteiger partial charge is 0.265 e. The normalized spacial score (nSPS) is 15.2. The number of thiophene rings is 1. The molecule has 1 aliphatic heterocycles. The van der Waals surface area contributed by atoms with Crippen LogP contribution in [-0.4, -0.2) is 83.1 Å². The number of ether oxygens (including phenoxy) is 4. The minimum Gasteiger partial charge on any atom is -0.491 e. The second kappa shape index (κ2) is 16.8. The van der Waals surface area contributed by atoms with Gasteiger partial charge in [-0.3, -0.25) is 14.4 Å². The Morgan fingerprint density at radius 3 is 2.40 bits per heavy atom. The molecule has 1 atom stereocenters. The Kier molecular flexibility index (Phi) is 12.5. The molecular weight excluding hydrogens is 560 g/mol. The van der Waals surface area contributed by atoms with E-state index in [2.05, 4.69) is 16.0 Å². The van der Waals surface area contributed by atoms with E-state index in [1.807, 2.05) is 30.3 Å². The number of hydrogen-bond acceptors (Lipinski definition) is 9. The van der Waals surface area contributed by atoms with Crippen molar-refractivity contribution >= 4 is 44.8 Å². The van der Waals surface area contributed by atoms with E-state index in [4.69, 9.17) is 24.7 Å². The Labute approximate surface area is 249 Å². The number of fused-ring (bicyclic) bond motifs is 1. The molecule has 2 aromatic carbocycles. The summed E-state index contributed by atoms with van der Waals surface area (Å²) in [5.41, 5.74) is 5.88. The van der Waals surface area contributed by atoms with Crippen molar-refractivity contribution in [1.82, 2.24) is 10.6 Å². The largest absolute Gasteiger partial charge is 0.491 e.